The number of likely N-dealkylation sites (N-methyl/N-ethyl adjacent to an activating group) is 1. The quantitative estimate of drug-likeness (QED) is 0.670. The molecule has 0 aromatic rings. The molecule has 1 aliphatic rings. The van der Waals surface area contributed by atoms with Gasteiger partial charge in [0.05, 0.1) is 12.2 Å². The molecule has 0 amide bonds. The van der Waals surface area contributed by atoms with Gasteiger partial charge in [-0.25, -0.2) is 0 Å². The van der Waals surface area contributed by atoms with E-state index < -0.39 is 5.54 Å². The summed E-state index contributed by atoms with van der Waals surface area (Å²) in [7, 11) is 3.51. The topological polar surface area (TPSA) is 45.0 Å². The molecule has 1 N–H and O–H groups in total. The summed E-state index contributed by atoms with van der Waals surface area (Å²) in [5.41, 5.74) is -0.437. The SMILES string of the molecule is CNC1(C#N)CCCCC1OC. The van der Waals surface area contributed by atoms with Crippen LogP contribution in [-0.4, -0.2) is 25.8 Å². The Bertz CT molecular complexity index is 187. The first-order valence-electron chi connectivity index (χ1n) is 4.42. The summed E-state index contributed by atoms with van der Waals surface area (Å²) >= 11 is 0. The van der Waals surface area contributed by atoms with Crippen LogP contribution in [0, 0.1) is 11.3 Å². The highest BCUT2D eigenvalue weighted by Crippen LogP contribution is 2.29. The maximum atomic E-state index is 9.05. The van der Waals surface area contributed by atoms with E-state index in [1.165, 1.54) is 6.42 Å². The maximum Gasteiger partial charge on any atom is 0.132 e. The molecule has 68 valence electrons. The fourth-order valence-electron chi connectivity index (χ4n) is 1.93. The summed E-state index contributed by atoms with van der Waals surface area (Å²) < 4.78 is 5.30. The van der Waals surface area contributed by atoms with Gasteiger partial charge in [-0.3, -0.25) is 0 Å². The monoisotopic (exact) mass is 168 g/mol. The van der Waals surface area contributed by atoms with Gasteiger partial charge in [0, 0.05) is 7.11 Å². The molecule has 2 atom stereocenters. The zero-order valence-electron chi connectivity index (χ0n) is 7.76. The van der Waals surface area contributed by atoms with E-state index in [2.05, 4.69) is 11.4 Å². The minimum absolute atomic E-state index is 0.0567. The van der Waals surface area contributed by atoms with Crippen LogP contribution in [0.2, 0.25) is 0 Å². The molecule has 0 aliphatic heterocycles. The Labute approximate surface area is 73.7 Å². The van der Waals surface area contributed by atoms with E-state index in [-0.39, 0.29) is 6.10 Å². The number of nitrogens with zero attached hydrogens (tertiary/aromatic N) is 1. The number of hydrogen-bond acceptors (Lipinski definition) is 3. The number of rotatable bonds is 2. The van der Waals surface area contributed by atoms with E-state index in [4.69, 9.17) is 10.00 Å². The Hall–Kier alpha value is -0.590. The first kappa shape index (κ1) is 9.50. The number of methoxy groups -OCH3 is 1. The van der Waals surface area contributed by atoms with Gasteiger partial charge in [-0.05, 0) is 19.9 Å². The van der Waals surface area contributed by atoms with Gasteiger partial charge in [0.25, 0.3) is 0 Å². The molecule has 0 aromatic carbocycles. The van der Waals surface area contributed by atoms with Crippen molar-refractivity contribution >= 4 is 0 Å². The van der Waals surface area contributed by atoms with E-state index in [1.807, 2.05) is 7.05 Å². The Morgan fingerprint density at radius 2 is 2.33 bits per heavy atom. The lowest BCUT2D eigenvalue weighted by Gasteiger charge is -2.37. The summed E-state index contributed by atoms with van der Waals surface area (Å²) in [6, 6.07) is 2.33. The predicted octanol–water partition coefficient (Wildman–Crippen LogP) is 1.06. The van der Waals surface area contributed by atoms with Crippen LogP contribution in [0.15, 0.2) is 0 Å². The Kier molecular flexibility index (Phi) is 3.07. The van der Waals surface area contributed by atoms with Crippen LogP contribution < -0.4 is 5.32 Å². The van der Waals surface area contributed by atoms with Crippen molar-refractivity contribution in [1.82, 2.24) is 5.32 Å². The Morgan fingerprint density at radius 1 is 1.58 bits per heavy atom. The fourth-order valence-corrected chi connectivity index (χ4v) is 1.93. The average molecular weight is 168 g/mol. The highest BCUT2D eigenvalue weighted by molar-refractivity contribution is 5.13. The van der Waals surface area contributed by atoms with Crippen molar-refractivity contribution in [3.63, 3.8) is 0 Å². The zero-order chi connectivity index (χ0) is 9.03. The molecular formula is C9H16N2O. The number of nitriles is 1. The lowest BCUT2D eigenvalue weighted by Crippen LogP contribution is -2.54. The van der Waals surface area contributed by atoms with Crippen LogP contribution in [0.1, 0.15) is 25.7 Å². The first-order valence-corrected chi connectivity index (χ1v) is 4.42. The van der Waals surface area contributed by atoms with E-state index in [1.54, 1.807) is 7.11 Å². The molecule has 3 heteroatoms. The van der Waals surface area contributed by atoms with Crippen LogP contribution >= 0.6 is 0 Å². The molecule has 0 spiro atoms. The van der Waals surface area contributed by atoms with Crippen molar-refractivity contribution in [3.05, 3.63) is 0 Å². The maximum absolute atomic E-state index is 9.05. The van der Waals surface area contributed by atoms with E-state index >= 15 is 0 Å². The molecular weight excluding hydrogens is 152 g/mol. The molecule has 1 fully saturated rings. The molecule has 1 saturated carbocycles. The molecule has 0 saturated heterocycles. The Morgan fingerprint density at radius 3 is 2.75 bits per heavy atom. The van der Waals surface area contributed by atoms with Gasteiger partial charge < -0.3 is 10.1 Å². The molecule has 3 nitrogen and oxygen atoms in total. The lowest BCUT2D eigenvalue weighted by molar-refractivity contribution is 0.0161. The van der Waals surface area contributed by atoms with Crippen molar-refractivity contribution < 1.29 is 4.74 Å². The average Bonchev–Trinajstić information content (AvgIpc) is 2.17. The smallest absolute Gasteiger partial charge is 0.132 e. The van der Waals surface area contributed by atoms with Crippen molar-refractivity contribution in [1.29, 1.82) is 5.26 Å². The van der Waals surface area contributed by atoms with Crippen LogP contribution in [-0.2, 0) is 4.74 Å². The van der Waals surface area contributed by atoms with Gasteiger partial charge in [-0.15, -0.1) is 0 Å². The number of nitrogens with one attached hydrogen (secondary N) is 1. The van der Waals surface area contributed by atoms with Crippen molar-refractivity contribution in [2.24, 2.45) is 0 Å². The second-order valence-electron chi connectivity index (χ2n) is 3.30. The predicted molar refractivity (Wildman–Crippen MR) is 46.7 cm³/mol. The molecule has 0 aromatic heterocycles. The van der Waals surface area contributed by atoms with Gasteiger partial charge in [0.1, 0.15) is 5.54 Å². The van der Waals surface area contributed by atoms with Gasteiger partial charge in [-0.2, -0.15) is 5.26 Å². The van der Waals surface area contributed by atoms with Crippen molar-refractivity contribution in [3.8, 4) is 6.07 Å². The van der Waals surface area contributed by atoms with E-state index in [0.29, 0.717) is 0 Å². The molecule has 0 bridgehead atoms. The highest BCUT2D eigenvalue weighted by Gasteiger charge is 2.39. The normalized spacial score (nSPS) is 35.9. The molecule has 1 rings (SSSR count). The largest absolute Gasteiger partial charge is 0.378 e. The molecule has 2 unspecified atom stereocenters. The number of hydrogen-bond donors (Lipinski definition) is 1. The summed E-state index contributed by atoms with van der Waals surface area (Å²) in [5.74, 6) is 0. The third kappa shape index (κ3) is 1.45. The van der Waals surface area contributed by atoms with Crippen molar-refractivity contribution in [2.45, 2.75) is 37.3 Å². The van der Waals surface area contributed by atoms with E-state index in [0.717, 1.165) is 19.3 Å². The lowest BCUT2D eigenvalue weighted by atomic mass is 9.80. The molecule has 12 heavy (non-hydrogen) atoms. The van der Waals surface area contributed by atoms with Gasteiger partial charge in [-0.1, -0.05) is 12.8 Å². The third-order valence-electron chi connectivity index (χ3n) is 2.77. The van der Waals surface area contributed by atoms with E-state index in [9.17, 15) is 0 Å². The summed E-state index contributed by atoms with van der Waals surface area (Å²) in [5, 5.41) is 12.1. The third-order valence-corrected chi connectivity index (χ3v) is 2.77. The second kappa shape index (κ2) is 3.88. The standard InChI is InChI=1S/C9H16N2O/c1-11-9(7-10)6-4-3-5-8(9)12-2/h8,11H,3-6H2,1-2H3. The summed E-state index contributed by atoms with van der Waals surface area (Å²) in [6.07, 6.45) is 4.24. The Balaban J connectivity index is 2.75. The summed E-state index contributed by atoms with van der Waals surface area (Å²) in [4.78, 5) is 0. The molecule has 0 radical (unpaired) electrons. The van der Waals surface area contributed by atoms with Crippen LogP contribution in [0.5, 0.6) is 0 Å². The van der Waals surface area contributed by atoms with Crippen molar-refractivity contribution in [2.75, 3.05) is 14.2 Å². The highest BCUT2D eigenvalue weighted by atomic mass is 16.5. The minimum Gasteiger partial charge on any atom is -0.378 e. The van der Waals surface area contributed by atoms with Gasteiger partial charge in [0.15, 0.2) is 0 Å². The zero-order valence-corrected chi connectivity index (χ0v) is 7.76. The van der Waals surface area contributed by atoms with Crippen LogP contribution in [0.3, 0.4) is 0 Å². The molecule has 1 aliphatic carbocycles. The van der Waals surface area contributed by atoms with Gasteiger partial charge >= 0.3 is 0 Å². The van der Waals surface area contributed by atoms with Crippen LogP contribution in [0.4, 0.5) is 0 Å². The number of ether oxygens (including phenoxy) is 1. The summed E-state index contributed by atoms with van der Waals surface area (Å²) in [6.45, 7) is 0. The second-order valence-corrected chi connectivity index (χ2v) is 3.30. The minimum atomic E-state index is -0.437. The first-order chi connectivity index (χ1) is 5.79. The van der Waals surface area contributed by atoms with Crippen LogP contribution in [0.25, 0.3) is 0 Å². The molecule has 0 heterocycles. The fraction of sp³-hybridized carbons (Fsp3) is 0.889. The van der Waals surface area contributed by atoms with Gasteiger partial charge in [0.2, 0.25) is 0 Å².